The summed E-state index contributed by atoms with van der Waals surface area (Å²) >= 11 is 12.7. The van der Waals surface area contributed by atoms with E-state index < -0.39 is 0 Å². The lowest BCUT2D eigenvalue weighted by Gasteiger charge is -2.28. The predicted molar refractivity (Wildman–Crippen MR) is 111 cm³/mol. The molecular weight excluding hydrogens is 351 g/mol. The van der Waals surface area contributed by atoms with Crippen LogP contribution < -0.4 is 0 Å². The Labute approximate surface area is 157 Å². The van der Waals surface area contributed by atoms with E-state index in [0.29, 0.717) is 16.4 Å². The van der Waals surface area contributed by atoms with Crippen LogP contribution in [0.4, 0.5) is 0 Å². The molecule has 0 N–H and O–H groups in total. The number of hydrogen-bond acceptors (Lipinski definition) is 2. The Bertz CT molecular complexity index is 223. The van der Waals surface area contributed by atoms with Gasteiger partial charge >= 0.3 is 0 Å². The Kier molecular flexibility index (Phi) is 16.7. The molecule has 0 spiro atoms. The first-order valence-electron chi connectivity index (χ1n) is 9.13. The zero-order chi connectivity index (χ0) is 16.8. The van der Waals surface area contributed by atoms with Crippen molar-refractivity contribution in [3.05, 3.63) is 0 Å². The molecule has 0 rings (SSSR count). The van der Waals surface area contributed by atoms with Crippen molar-refractivity contribution in [3.8, 4) is 0 Å². The van der Waals surface area contributed by atoms with Crippen molar-refractivity contribution in [1.29, 1.82) is 0 Å². The lowest BCUT2D eigenvalue weighted by Crippen LogP contribution is -2.24. The molecule has 0 nitrogen and oxygen atoms in total. The molecule has 0 unspecified atom stereocenters. The van der Waals surface area contributed by atoms with E-state index in [0.717, 1.165) is 0 Å². The highest BCUT2D eigenvalue weighted by Gasteiger charge is 2.27. The number of hydrogen-bond donors (Lipinski definition) is 0. The number of halogens is 2. The minimum absolute atomic E-state index is 0.251. The van der Waals surface area contributed by atoms with Crippen molar-refractivity contribution in [3.63, 3.8) is 0 Å². The highest BCUT2D eigenvalue weighted by Crippen LogP contribution is 2.42. The van der Waals surface area contributed by atoms with Crippen LogP contribution in [0.2, 0.25) is 0 Å². The molecular formula is C18H36Cl2S2. The van der Waals surface area contributed by atoms with Gasteiger partial charge in [0.05, 0.1) is 0 Å². The third-order valence-electron chi connectivity index (χ3n) is 3.93. The van der Waals surface area contributed by atoms with Crippen LogP contribution in [0.1, 0.15) is 91.9 Å². The molecule has 0 saturated carbocycles. The highest BCUT2D eigenvalue weighted by molar-refractivity contribution is 8.77. The SMILES string of the molecule is CCCCCCC(CCCCCC)[C@H](SSC(C)C)C(Cl)Cl. The van der Waals surface area contributed by atoms with Crippen LogP contribution in [-0.4, -0.2) is 15.3 Å². The lowest BCUT2D eigenvalue weighted by atomic mass is 9.92. The smallest absolute Gasteiger partial charge is 0.104 e. The normalized spacial score (nSPS) is 13.5. The molecule has 0 bridgehead atoms. The van der Waals surface area contributed by atoms with Crippen LogP contribution in [-0.2, 0) is 0 Å². The van der Waals surface area contributed by atoms with Crippen LogP contribution in [0, 0.1) is 5.92 Å². The minimum Gasteiger partial charge on any atom is -0.104 e. The largest absolute Gasteiger partial charge is 0.120 e. The first-order valence-corrected chi connectivity index (χ1v) is 12.3. The van der Waals surface area contributed by atoms with Crippen LogP contribution in [0.5, 0.6) is 0 Å². The zero-order valence-electron chi connectivity index (χ0n) is 15.0. The quantitative estimate of drug-likeness (QED) is 0.157. The second-order valence-electron chi connectivity index (χ2n) is 6.50. The Balaban J connectivity index is 4.44. The summed E-state index contributed by atoms with van der Waals surface area (Å²) in [4.78, 5) is -0.251. The second kappa shape index (κ2) is 15.8. The van der Waals surface area contributed by atoms with Gasteiger partial charge in [0.15, 0.2) is 0 Å². The van der Waals surface area contributed by atoms with Crippen molar-refractivity contribution in [2.45, 2.75) is 107 Å². The Morgan fingerprint density at radius 2 is 1.23 bits per heavy atom. The summed E-state index contributed by atoms with van der Waals surface area (Å²) in [5, 5.41) is 0.999. The molecule has 0 aromatic heterocycles. The van der Waals surface area contributed by atoms with E-state index in [9.17, 15) is 0 Å². The molecule has 0 aliphatic heterocycles. The molecule has 4 heteroatoms. The summed E-state index contributed by atoms with van der Waals surface area (Å²) in [5.41, 5.74) is 0. The van der Waals surface area contributed by atoms with E-state index >= 15 is 0 Å². The average Bonchev–Trinajstić information content (AvgIpc) is 2.46. The minimum atomic E-state index is -0.251. The molecule has 22 heavy (non-hydrogen) atoms. The van der Waals surface area contributed by atoms with Crippen molar-refractivity contribution >= 4 is 44.8 Å². The predicted octanol–water partition coefficient (Wildman–Crippen LogP) is 8.51. The van der Waals surface area contributed by atoms with Crippen LogP contribution in [0.3, 0.4) is 0 Å². The molecule has 0 amide bonds. The maximum atomic E-state index is 6.33. The van der Waals surface area contributed by atoms with Gasteiger partial charge in [-0.1, -0.05) is 101 Å². The van der Waals surface area contributed by atoms with Crippen molar-refractivity contribution in [2.75, 3.05) is 0 Å². The molecule has 0 saturated heterocycles. The van der Waals surface area contributed by atoms with Crippen molar-refractivity contribution in [1.82, 2.24) is 0 Å². The van der Waals surface area contributed by atoms with Crippen LogP contribution >= 0.6 is 44.8 Å². The van der Waals surface area contributed by atoms with Gasteiger partial charge in [-0.25, -0.2) is 0 Å². The van der Waals surface area contributed by atoms with Gasteiger partial charge in [0.25, 0.3) is 0 Å². The summed E-state index contributed by atoms with van der Waals surface area (Å²) in [6.07, 6.45) is 13.3. The third-order valence-corrected chi connectivity index (χ3v) is 8.30. The standard InChI is InChI=1S/C18H36Cl2S2/c1-5-7-9-11-13-16(14-12-10-8-6-2)17(18(19)20)22-21-15(3)4/h15-18H,5-14H2,1-4H3/t17-/m0/s1. The van der Waals surface area contributed by atoms with Gasteiger partial charge in [0, 0.05) is 10.5 Å². The first-order chi connectivity index (χ1) is 10.5. The van der Waals surface area contributed by atoms with Crippen molar-refractivity contribution < 1.29 is 0 Å². The molecule has 0 radical (unpaired) electrons. The molecule has 0 aromatic carbocycles. The number of alkyl halides is 2. The maximum absolute atomic E-state index is 6.33. The van der Waals surface area contributed by atoms with Gasteiger partial charge in [-0.05, 0) is 18.8 Å². The van der Waals surface area contributed by atoms with Crippen LogP contribution in [0.15, 0.2) is 0 Å². The fourth-order valence-electron chi connectivity index (χ4n) is 2.64. The van der Waals surface area contributed by atoms with E-state index in [1.807, 2.05) is 21.6 Å². The first kappa shape index (κ1) is 23.3. The number of rotatable bonds is 15. The average molecular weight is 388 g/mol. The summed E-state index contributed by atoms with van der Waals surface area (Å²) in [5.74, 6) is 0.671. The molecule has 0 heterocycles. The molecule has 0 aliphatic carbocycles. The van der Waals surface area contributed by atoms with E-state index in [-0.39, 0.29) is 4.84 Å². The van der Waals surface area contributed by atoms with Crippen molar-refractivity contribution in [2.24, 2.45) is 5.92 Å². The fraction of sp³-hybridized carbons (Fsp3) is 1.00. The zero-order valence-corrected chi connectivity index (χ0v) is 18.1. The summed E-state index contributed by atoms with van der Waals surface area (Å²) in [7, 11) is 3.86. The van der Waals surface area contributed by atoms with Gasteiger partial charge in [-0.2, -0.15) is 0 Å². The van der Waals surface area contributed by atoms with Gasteiger partial charge in [0.1, 0.15) is 4.84 Å². The van der Waals surface area contributed by atoms with Gasteiger partial charge in [-0.3, -0.25) is 0 Å². The fourth-order valence-corrected chi connectivity index (χ4v) is 6.45. The Morgan fingerprint density at radius 1 is 0.727 bits per heavy atom. The monoisotopic (exact) mass is 386 g/mol. The topological polar surface area (TPSA) is 0 Å². The molecule has 0 aromatic rings. The Morgan fingerprint density at radius 3 is 1.59 bits per heavy atom. The molecule has 0 fully saturated rings. The molecule has 0 aliphatic rings. The molecule has 134 valence electrons. The maximum Gasteiger partial charge on any atom is 0.120 e. The third kappa shape index (κ3) is 12.7. The summed E-state index contributed by atoms with van der Waals surface area (Å²) in [6, 6.07) is 0. The highest BCUT2D eigenvalue weighted by atomic mass is 35.5. The summed E-state index contributed by atoms with van der Waals surface area (Å²) in [6.45, 7) is 9.02. The van der Waals surface area contributed by atoms with Gasteiger partial charge < -0.3 is 0 Å². The Hall–Kier alpha value is 1.28. The van der Waals surface area contributed by atoms with E-state index in [2.05, 4.69) is 27.7 Å². The van der Waals surface area contributed by atoms with E-state index in [4.69, 9.17) is 23.2 Å². The van der Waals surface area contributed by atoms with Crippen LogP contribution in [0.25, 0.3) is 0 Å². The lowest BCUT2D eigenvalue weighted by molar-refractivity contribution is 0.401. The second-order valence-corrected chi connectivity index (χ2v) is 10.7. The summed E-state index contributed by atoms with van der Waals surface area (Å²) < 4.78 is 0. The van der Waals surface area contributed by atoms with Gasteiger partial charge in [0.2, 0.25) is 0 Å². The van der Waals surface area contributed by atoms with Gasteiger partial charge in [-0.15, -0.1) is 23.2 Å². The molecule has 1 atom stereocenters. The van der Waals surface area contributed by atoms with E-state index in [1.165, 1.54) is 64.2 Å². The number of unbranched alkanes of at least 4 members (excludes halogenated alkanes) is 6. The van der Waals surface area contributed by atoms with E-state index in [1.54, 1.807) is 0 Å².